The second-order valence-electron chi connectivity index (χ2n) is 6.94. The Kier molecular flexibility index (Phi) is 4.21. The summed E-state index contributed by atoms with van der Waals surface area (Å²) in [7, 11) is 0. The minimum Gasteiger partial charge on any atom is -0.314 e. The minimum absolute atomic E-state index is 0.313. The van der Waals surface area contributed by atoms with Crippen LogP contribution in [0.3, 0.4) is 0 Å². The van der Waals surface area contributed by atoms with Crippen molar-refractivity contribution in [1.29, 1.82) is 0 Å². The molecular weight excluding hydrogens is 336 g/mol. The van der Waals surface area contributed by atoms with E-state index in [1.807, 2.05) is 11.3 Å². The third-order valence-corrected chi connectivity index (χ3v) is 6.34. The number of piperazine rings is 1. The van der Waals surface area contributed by atoms with Gasteiger partial charge >= 0.3 is 0 Å². The average molecular weight is 359 g/mol. The highest BCUT2D eigenvalue weighted by atomic mass is 32.1. The van der Waals surface area contributed by atoms with Gasteiger partial charge in [-0.3, -0.25) is 4.90 Å². The second-order valence-corrected chi connectivity index (χ2v) is 7.92. The summed E-state index contributed by atoms with van der Waals surface area (Å²) in [5, 5.41) is 11.1. The summed E-state index contributed by atoms with van der Waals surface area (Å²) in [6, 6.07) is 24.8. The number of fused-ring (bicyclic) bond motifs is 2. The maximum atomic E-state index is 3.50. The van der Waals surface area contributed by atoms with Gasteiger partial charge in [0.1, 0.15) is 0 Å². The summed E-state index contributed by atoms with van der Waals surface area (Å²) >= 11 is 1.87. The molecule has 0 aliphatic carbocycles. The molecule has 1 saturated heterocycles. The first kappa shape index (κ1) is 16.0. The molecule has 26 heavy (non-hydrogen) atoms. The molecule has 1 aliphatic heterocycles. The molecule has 0 amide bonds. The summed E-state index contributed by atoms with van der Waals surface area (Å²) in [5.41, 5.74) is 1.46. The van der Waals surface area contributed by atoms with Gasteiger partial charge in [-0.15, -0.1) is 11.3 Å². The van der Waals surface area contributed by atoms with Crippen LogP contribution >= 0.6 is 11.3 Å². The number of nitrogens with zero attached hydrogens (tertiary/aromatic N) is 1. The van der Waals surface area contributed by atoms with Gasteiger partial charge in [-0.2, -0.15) is 0 Å². The van der Waals surface area contributed by atoms with Gasteiger partial charge in [0, 0.05) is 31.1 Å². The van der Waals surface area contributed by atoms with Crippen LogP contribution in [-0.2, 0) is 0 Å². The maximum absolute atomic E-state index is 3.50. The first-order valence-corrected chi connectivity index (χ1v) is 10.2. The van der Waals surface area contributed by atoms with E-state index in [4.69, 9.17) is 0 Å². The van der Waals surface area contributed by atoms with Crippen molar-refractivity contribution in [1.82, 2.24) is 10.2 Å². The molecule has 1 aliphatic rings. The molecule has 2 nitrogen and oxygen atoms in total. The zero-order valence-corrected chi connectivity index (χ0v) is 15.5. The third kappa shape index (κ3) is 2.73. The fourth-order valence-electron chi connectivity index (χ4n) is 4.24. The fraction of sp³-hybridized carbons (Fsp3) is 0.217. The Morgan fingerprint density at radius 3 is 2.08 bits per heavy atom. The van der Waals surface area contributed by atoms with Crippen LogP contribution in [0.25, 0.3) is 21.5 Å². The van der Waals surface area contributed by atoms with Crippen molar-refractivity contribution < 1.29 is 0 Å². The van der Waals surface area contributed by atoms with Gasteiger partial charge in [-0.1, -0.05) is 54.6 Å². The molecule has 1 N–H and O–H groups in total. The minimum atomic E-state index is 0.313. The molecule has 2 heterocycles. The van der Waals surface area contributed by atoms with E-state index in [-0.39, 0.29) is 0 Å². The van der Waals surface area contributed by atoms with E-state index in [1.54, 1.807) is 0 Å². The van der Waals surface area contributed by atoms with E-state index < -0.39 is 0 Å². The monoisotopic (exact) mass is 358 g/mol. The Morgan fingerprint density at radius 1 is 0.808 bits per heavy atom. The highest BCUT2D eigenvalue weighted by Crippen LogP contribution is 2.40. The lowest BCUT2D eigenvalue weighted by atomic mass is 9.90. The highest BCUT2D eigenvalue weighted by molar-refractivity contribution is 7.10. The zero-order valence-electron chi connectivity index (χ0n) is 14.7. The lowest BCUT2D eigenvalue weighted by molar-refractivity contribution is 0.202. The topological polar surface area (TPSA) is 15.3 Å². The van der Waals surface area contributed by atoms with Crippen molar-refractivity contribution in [3.8, 4) is 0 Å². The summed E-state index contributed by atoms with van der Waals surface area (Å²) in [4.78, 5) is 4.09. The van der Waals surface area contributed by atoms with E-state index in [1.165, 1.54) is 32.0 Å². The fourth-order valence-corrected chi connectivity index (χ4v) is 5.10. The molecule has 1 fully saturated rings. The Labute approximate surface area is 158 Å². The zero-order chi connectivity index (χ0) is 17.3. The van der Waals surface area contributed by atoms with Gasteiger partial charge in [-0.25, -0.2) is 0 Å². The van der Waals surface area contributed by atoms with Crippen molar-refractivity contribution >= 4 is 32.9 Å². The molecule has 0 spiro atoms. The van der Waals surface area contributed by atoms with Crippen molar-refractivity contribution in [3.05, 3.63) is 82.6 Å². The molecule has 130 valence electrons. The molecule has 1 atom stereocenters. The van der Waals surface area contributed by atoms with Crippen LogP contribution in [0, 0.1) is 0 Å². The molecule has 3 heteroatoms. The first-order valence-electron chi connectivity index (χ1n) is 9.30. The number of nitrogens with one attached hydrogen (secondary N) is 1. The quantitative estimate of drug-likeness (QED) is 0.516. The van der Waals surface area contributed by atoms with Gasteiger partial charge in [0.2, 0.25) is 0 Å². The third-order valence-electron chi connectivity index (χ3n) is 5.42. The van der Waals surface area contributed by atoms with Crippen LogP contribution in [0.5, 0.6) is 0 Å². The number of hydrogen-bond acceptors (Lipinski definition) is 3. The van der Waals surface area contributed by atoms with E-state index >= 15 is 0 Å². The van der Waals surface area contributed by atoms with Crippen molar-refractivity contribution in [2.24, 2.45) is 0 Å². The van der Waals surface area contributed by atoms with Crippen molar-refractivity contribution in [2.75, 3.05) is 26.2 Å². The molecule has 3 aromatic carbocycles. The van der Waals surface area contributed by atoms with Crippen LogP contribution in [0.4, 0.5) is 0 Å². The molecule has 0 radical (unpaired) electrons. The molecule has 5 rings (SSSR count). The Balaban J connectivity index is 1.83. The SMILES string of the molecule is c1csc([C@@H](c2c3ccccc3cc3ccccc23)N2CCNCC2)c1. The van der Waals surface area contributed by atoms with E-state index in [9.17, 15) is 0 Å². The molecule has 4 aromatic rings. The largest absolute Gasteiger partial charge is 0.314 e. The normalized spacial score (nSPS) is 16.9. The van der Waals surface area contributed by atoms with Crippen LogP contribution < -0.4 is 5.32 Å². The molecule has 1 aromatic heterocycles. The van der Waals surface area contributed by atoms with Crippen LogP contribution in [0.2, 0.25) is 0 Å². The van der Waals surface area contributed by atoms with Gasteiger partial charge in [0.25, 0.3) is 0 Å². The van der Waals surface area contributed by atoms with Crippen molar-refractivity contribution in [2.45, 2.75) is 6.04 Å². The predicted octanol–water partition coefficient (Wildman–Crippen LogP) is 5.05. The standard InChI is InChI=1S/C23H22N2S/c1-3-8-19-17(6-1)16-18-7-2-4-9-20(18)22(19)23(21-10-5-15-26-21)25-13-11-24-12-14-25/h1-10,15-16,23-24H,11-14H2/t23-/m0/s1. The summed E-state index contributed by atoms with van der Waals surface area (Å²) in [6.07, 6.45) is 0. The van der Waals surface area contributed by atoms with Gasteiger partial charge < -0.3 is 5.32 Å². The highest BCUT2D eigenvalue weighted by Gasteiger charge is 2.27. The van der Waals surface area contributed by atoms with Gasteiger partial charge in [0.05, 0.1) is 6.04 Å². The smallest absolute Gasteiger partial charge is 0.0709 e. The Morgan fingerprint density at radius 2 is 1.46 bits per heavy atom. The first-order chi connectivity index (χ1) is 12.9. The van der Waals surface area contributed by atoms with Gasteiger partial charge in [0.15, 0.2) is 0 Å². The van der Waals surface area contributed by atoms with Crippen LogP contribution in [-0.4, -0.2) is 31.1 Å². The molecule has 0 saturated carbocycles. The predicted molar refractivity (Wildman–Crippen MR) is 112 cm³/mol. The number of benzene rings is 3. The van der Waals surface area contributed by atoms with E-state index in [0.717, 1.165) is 26.2 Å². The lowest BCUT2D eigenvalue weighted by Crippen LogP contribution is -2.45. The summed E-state index contributed by atoms with van der Waals surface area (Å²) < 4.78 is 0. The number of thiophene rings is 1. The lowest BCUT2D eigenvalue weighted by Gasteiger charge is -2.36. The molecule has 0 unspecified atom stereocenters. The maximum Gasteiger partial charge on any atom is 0.0709 e. The summed E-state index contributed by atoms with van der Waals surface area (Å²) in [5.74, 6) is 0. The molecule has 0 bridgehead atoms. The average Bonchev–Trinajstić information content (AvgIpc) is 3.23. The van der Waals surface area contributed by atoms with Crippen LogP contribution in [0.15, 0.2) is 72.1 Å². The van der Waals surface area contributed by atoms with E-state index in [0.29, 0.717) is 6.04 Å². The summed E-state index contributed by atoms with van der Waals surface area (Å²) in [6.45, 7) is 4.29. The van der Waals surface area contributed by atoms with E-state index in [2.05, 4.69) is 82.3 Å². The van der Waals surface area contributed by atoms with Crippen LogP contribution in [0.1, 0.15) is 16.5 Å². The number of rotatable bonds is 3. The second kappa shape index (κ2) is 6.84. The van der Waals surface area contributed by atoms with Crippen molar-refractivity contribution in [3.63, 3.8) is 0 Å². The van der Waals surface area contributed by atoms with Gasteiger partial charge in [-0.05, 0) is 44.6 Å². The Bertz CT molecular complexity index is 979. The number of hydrogen-bond donors (Lipinski definition) is 1. The molecular formula is C23H22N2S. The Hall–Kier alpha value is -2.20.